The molecule has 0 bridgehead atoms. The third-order valence-corrected chi connectivity index (χ3v) is 6.59. The molecule has 0 amide bonds. The fourth-order valence-electron chi connectivity index (χ4n) is 2.18. The van der Waals surface area contributed by atoms with Crippen LogP contribution < -0.4 is 5.73 Å². The van der Waals surface area contributed by atoms with Crippen molar-refractivity contribution in [3.8, 4) is 0 Å². The van der Waals surface area contributed by atoms with Gasteiger partial charge in [0.25, 0.3) is 0 Å². The van der Waals surface area contributed by atoms with Crippen LogP contribution in [0.2, 0.25) is 0 Å². The third-order valence-electron chi connectivity index (χ3n) is 3.23. The maximum atomic E-state index is 13.6. The lowest BCUT2D eigenvalue weighted by atomic mass is 10.2. The maximum Gasteiger partial charge on any atom is 0.243 e. The summed E-state index contributed by atoms with van der Waals surface area (Å²) < 4.78 is 40.2. The van der Waals surface area contributed by atoms with Crippen LogP contribution in [0.15, 0.2) is 23.1 Å². The van der Waals surface area contributed by atoms with Gasteiger partial charge in [-0.15, -0.1) is 0 Å². The Kier molecular flexibility index (Phi) is 4.63. The van der Waals surface area contributed by atoms with Gasteiger partial charge in [-0.2, -0.15) is 16.1 Å². The second-order valence-electron chi connectivity index (χ2n) is 5.45. The Morgan fingerprint density at radius 3 is 2.71 bits per heavy atom. The molecule has 0 radical (unpaired) electrons. The van der Waals surface area contributed by atoms with Gasteiger partial charge >= 0.3 is 0 Å². The first-order chi connectivity index (χ1) is 9.63. The van der Waals surface area contributed by atoms with Crippen LogP contribution in [0, 0.1) is 5.82 Å². The molecule has 1 aromatic carbocycles. The van der Waals surface area contributed by atoms with Crippen LogP contribution in [0.5, 0.6) is 0 Å². The number of rotatable bonds is 3. The molecule has 1 heterocycles. The highest BCUT2D eigenvalue weighted by Crippen LogP contribution is 2.32. The molecule has 4 nitrogen and oxygen atoms in total. The van der Waals surface area contributed by atoms with Gasteiger partial charge in [-0.05, 0) is 32.0 Å². The third kappa shape index (κ3) is 3.56. The Bertz CT molecular complexity index is 674. The second-order valence-corrected chi connectivity index (χ2v) is 9.63. The SMILES string of the molecule is CC1(C)CN(S(=O)(=O)c2ccc(F)c(C(N)=S)c2)CCS1. The summed E-state index contributed by atoms with van der Waals surface area (Å²) in [6.45, 7) is 4.87. The number of benzene rings is 1. The van der Waals surface area contributed by atoms with Gasteiger partial charge in [-0.1, -0.05) is 12.2 Å². The van der Waals surface area contributed by atoms with Crippen molar-refractivity contribution >= 4 is 39.0 Å². The van der Waals surface area contributed by atoms with E-state index < -0.39 is 15.8 Å². The molecule has 8 heteroatoms. The Hall–Kier alpha value is -0.700. The van der Waals surface area contributed by atoms with Crippen molar-refractivity contribution in [1.29, 1.82) is 0 Å². The topological polar surface area (TPSA) is 63.4 Å². The summed E-state index contributed by atoms with van der Waals surface area (Å²) >= 11 is 6.49. The molecule has 0 atom stereocenters. The molecule has 2 rings (SSSR count). The van der Waals surface area contributed by atoms with Gasteiger partial charge in [0, 0.05) is 29.2 Å². The molecule has 116 valence electrons. The summed E-state index contributed by atoms with van der Waals surface area (Å²) in [4.78, 5) is -0.131. The van der Waals surface area contributed by atoms with Crippen LogP contribution in [-0.4, -0.2) is 41.3 Å². The summed E-state index contributed by atoms with van der Waals surface area (Å²) in [5.41, 5.74) is 5.38. The quantitative estimate of drug-likeness (QED) is 0.846. The van der Waals surface area contributed by atoms with Gasteiger partial charge < -0.3 is 5.73 Å². The predicted octanol–water partition coefficient (Wildman–Crippen LogP) is 1.98. The van der Waals surface area contributed by atoms with Crippen LogP contribution in [0.25, 0.3) is 0 Å². The minimum atomic E-state index is -3.67. The molecular weight excluding hydrogens is 331 g/mol. The lowest BCUT2D eigenvalue weighted by Crippen LogP contribution is -2.46. The number of halogens is 1. The summed E-state index contributed by atoms with van der Waals surface area (Å²) in [7, 11) is -3.67. The fourth-order valence-corrected chi connectivity index (χ4v) is 5.28. The summed E-state index contributed by atoms with van der Waals surface area (Å²) in [6.07, 6.45) is 0. The molecule has 0 aliphatic carbocycles. The average molecular weight is 348 g/mol. The van der Waals surface area contributed by atoms with Gasteiger partial charge in [0.05, 0.1) is 4.90 Å². The fraction of sp³-hybridized carbons (Fsp3) is 0.462. The van der Waals surface area contributed by atoms with Gasteiger partial charge in [0.15, 0.2) is 0 Å². The highest BCUT2D eigenvalue weighted by molar-refractivity contribution is 8.00. The zero-order valence-corrected chi connectivity index (χ0v) is 14.2. The van der Waals surface area contributed by atoms with E-state index in [4.69, 9.17) is 18.0 Å². The number of thiocarbonyl (C=S) groups is 1. The van der Waals surface area contributed by atoms with Gasteiger partial charge in [-0.3, -0.25) is 0 Å². The zero-order valence-electron chi connectivity index (χ0n) is 11.8. The Balaban J connectivity index is 2.40. The van der Waals surface area contributed by atoms with Crippen molar-refractivity contribution in [2.75, 3.05) is 18.8 Å². The van der Waals surface area contributed by atoms with E-state index in [1.54, 1.807) is 11.8 Å². The molecular formula is C13H17FN2O2S3. The van der Waals surface area contributed by atoms with Gasteiger partial charge in [-0.25, -0.2) is 12.8 Å². The maximum absolute atomic E-state index is 13.6. The van der Waals surface area contributed by atoms with Crippen LogP contribution in [0.4, 0.5) is 4.39 Å². The Morgan fingerprint density at radius 2 is 2.14 bits per heavy atom. The molecule has 0 unspecified atom stereocenters. The number of hydrogen-bond acceptors (Lipinski definition) is 4. The van der Waals surface area contributed by atoms with Crippen LogP contribution in [0.3, 0.4) is 0 Å². The molecule has 1 fully saturated rings. The Labute approximate surface area is 133 Å². The van der Waals surface area contributed by atoms with E-state index in [0.29, 0.717) is 13.1 Å². The second kappa shape index (κ2) is 5.83. The number of hydrogen-bond donors (Lipinski definition) is 1. The molecule has 0 saturated carbocycles. The minimum Gasteiger partial charge on any atom is -0.389 e. The highest BCUT2D eigenvalue weighted by atomic mass is 32.2. The summed E-state index contributed by atoms with van der Waals surface area (Å²) in [5.74, 6) is 0.117. The number of nitrogens with two attached hydrogens (primary N) is 1. The van der Waals surface area contributed by atoms with E-state index in [9.17, 15) is 12.8 Å². The van der Waals surface area contributed by atoms with Crippen molar-refractivity contribution in [3.05, 3.63) is 29.6 Å². The first kappa shape index (κ1) is 16.7. The smallest absolute Gasteiger partial charge is 0.243 e. The molecule has 1 aromatic rings. The molecule has 2 N–H and O–H groups in total. The average Bonchev–Trinajstić information content (AvgIpc) is 2.37. The monoisotopic (exact) mass is 348 g/mol. The van der Waals surface area contributed by atoms with Crippen LogP contribution >= 0.6 is 24.0 Å². The molecule has 0 spiro atoms. The summed E-state index contributed by atoms with van der Waals surface area (Å²) in [6, 6.07) is 3.55. The first-order valence-electron chi connectivity index (χ1n) is 6.37. The van der Waals surface area contributed by atoms with Crippen LogP contribution in [-0.2, 0) is 10.0 Å². The molecule has 1 saturated heterocycles. The van der Waals surface area contributed by atoms with Crippen molar-refractivity contribution in [1.82, 2.24) is 4.31 Å². The number of nitrogens with zero attached hydrogens (tertiary/aromatic N) is 1. The van der Waals surface area contributed by atoms with Gasteiger partial charge in [0.1, 0.15) is 10.8 Å². The molecule has 21 heavy (non-hydrogen) atoms. The van der Waals surface area contributed by atoms with E-state index >= 15 is 0 Å². The van der Waals surface area contributed by atoms with E-state index in [-0.39, 0.29) is 20.2 Å². The van der Waals surface area contributed by atoms with E-state index in [0.717, 1.165) is 11.8 Å². The molecule has 1 aliphatic heterocycles. The number of thioether (sulfide) groups is 1. The van der Waals surface area contributed by atoms with Gasteiger partial charge in [0.2, 0.25) is 10.0 Å². The first-order valence-corrected chi connectivity index (χ1v) is 9.20. The zero-order chi connectivity index (χ0) is 15.8. The van der Waals surface area contributed by atoms with E-state index in [1.165, 1.54) is 16.4 Å². The van der Waals surface area contributed by atoms with Crippen molar-refractivity contribution < 1.29 is 12.8 Å². The Morgan fingerprint density at radius 1 is 1.48 bits per heavy atom. The lowest BCUT2D eigenvalue weighted by molar-refractivity contribution is 0.387. The lowest BCUT2D eigenvalue weighted by Gasteiger charge is -2.36. The van der Waals surface area contributed by atoms with Crippen molar-refractivity contribution in [2.45, 2.75) is 23.5 Å². The minimum absolute atomic E-state index is 0.0226. The van der Waals surface area contributed by atoms with Crippen LogP contribution in [0.1, 0.15) is 19.4 Å². The van der Waals surface area contributed by atoms with E-state index in [2.05, 4.69) is 0 Å². The van der Waals surface area contributed by atoms with Crippen molar-refractivity contribution in [3.63, 3.8) is 0 Å². The van der Waals surface area contributed by atoms with E-state index in [1.807, 2.05) is 13.8 Å². The standard InChI is InChI=1S/C13H17FN2O2S3/c1-13(2)8-16(5-6-20-13)21(17,18)9-3-4-11(14)10(7-9)12(15)19/h3-4,7H,5-6,8H2,1-2H3,(H2,15,19). The largest absolute Gasteiger partial charge is 0.389 e. The summed E-state index contributed by atoms with van der Waals surface area (Å²) in [5, 5.41) is 0. The molecule has 1 aliphatic rings. The number of sulfonamides is 1. The van der Waals surface area contributed by atoms with Crippen molar-refractivity contribution in [2.24, 2.45) is 5.73 Å². The molecule has 0 aromatic heterocycles. The highest BCUT2D eigenvalue weighted by Gasteiger charge is 2.34. The predicted molar refractivity (Wildman–Crippen MR) is 87.6 cm³/mol. The normalized spacial score (nSPS) is 19.4.